The molecule has 4 aromatic carbocycles. The molecule has 0 aromatic heterocycles. The zero-order valence-electron chi connectivity index (χ0n) is 18.3. The van der Waals surface area contributed by atoms with Gasteiger partial charge in [-0.15, -0.1) is 0 Å². The summed E-state index contributed by atoms with van der Waals surface area (Å²) in [6.07, 6.45) is 0. The van der Waals surface area contributed by atoms with Crippen LogP contribution in [0, 0.1) is 17.0 Å². The van der Waals surface area contributed by atoms with Crippen LogP contribution in [-0.4, -0.2) is 10.0 Å². The van der Waals surface area contributed by atoms with Gasteiger partial charge < -0.3 is 15.0 Å². The van der Waals surface area contributed by atoms with Gasteiger partial charge in [0.25, 0.3) is 5.69 Å². The number of aryl methyl sites for hydroxylation is 1. The first-order chi connectivity index (χ1) is 16.3. The SMILES string of the molecule is Cc1ccc(N[C@H](c2cc(Br)ccc2O)P(=O)(c2ccccc2)c2ccccc2)c([N+](=O)[O-])c1. The molecule has 0 aliphatic heterocycles. The number of nitro benzene ring substituents is 1. The molecule has 4 aromatic rings. The number of benzene rings is 4. The summed E-state index contributed by atoms with van der Waals surface area (Å²) in [5, 5.41) is 27.0. The van der Waals surface area contributed by atoms with Crippen LogP contribution in [0.25, 0.3) is 0 Å². The van der Waals surface area contributed by atoms with E-state index in [0.29, 0.717) is 20.6 Å². The van der Waals surface area contributed by atoms with Crippen LogP contribution < -0.4 is 15.9 Å². The van der Waals surface area contributed by atoms with Crippen molar-refractivity contribution >= 4 is 45.1 Å². The highest BCUT2D eigenvalue weighted by Crippen LogP contribution is 2.59. The van der Waals surface area contributed by atoms with Crippen LogP contribution >= 0.6 is 23.1 Å². The molecule has 4 rings (SSSR count). The van der Waals surface area contributed by atoms with Gasteiger partial charge in [0.15, 0.2) is 7.14 Å². The predicted molar refractivity (Wildman–Crippen MR) is 140 cm³/mol. The quantitative estimate of drug-likeness (QED) is 0.160. The van der Waals surface area contributed by atoms with Crippen LogP contribution in [0.1, 0.15) is 16.9 Å². The standard InChI is InChI=1S/C26H22BrN2O4P/c1-18-12-14-23(24(16-18)29(31)32)28-26(22-17-19(27)13-15-25(22)30)34(33,20-8-4-2-5-9-20)21-10-6-3-7-11-21/h2-17,26,28,30H,1H3/t26-/m0/s1. The van der Waals surface area contributed by atoms with Crippen LogP contribution in [0.3, 0.4) is 0 Å². The molecule has 6 nitrogen and oxygen atoms in total. The van der Waals surface area contributed by atoms with Crippen LogP contribution in [0.4, 0.5) is 11.4 Å². The van der Waals surface area contributed by atoms with Crippen molar-refractivity contribution in [2.45, 2.75) is 12.7 Å². The molecule has 0 fully saturated rings. The highest BCUT2D eigenvalue weighted by Gasteiger charge is 2.40. The van der Waals surface area contributed by atoms with Gasteiger partial charge in [-0.3, -0.25) is 10.1 Å². The number of phenolic OH excluding ortho intramolecular Hbond substituents is 1. The molecule has 0 heterocycles. The molecule has 0 radical (unpaired) electrons. The average molecular weight is 537 g/mol. The van der Waals surface area contributed by atoms with Gasteiger partial charge in [0.2, 0.25) is 0 Å². The van der Waals surface area contributed by atoms with Crippen molar-refractivity contribution < 1.29 is 14.6 Å². The molecule has 0 aliphatic carbocycles. The van der Waals surface area contributed by atoms with Gasteiger partial charge in [0.1, 0.15) is 17.2 Å². The second kappa shape index (κ2) is 9.84. The Kier molecular flexibility index (Phi) is 6.87. The largest absolute Gasteiger partial charge is 0.508 e. The predicted octanol–water partition coefficient (Wildman–Crippen LogP) is 6.50. The van der Waals surface area contributed by atoms with E-state index in [9.17, 15) is 15.2 Å². The topological polar surface area (TPSA) is 92.5 Å². The molecule has 0 unspecified atom stereocenters. The monoisotopic (exact) mass is 536 g/mol. The lowest BCUT2D eigenvalue weighted by Crippen LogP contribution is -2.26. The van der Waals surface area contributed by atoms with Crippen LogP contribution in [0.15, 0.2) is 102 Å². The number of nitro groups is 1. The van der Waals surface area contributed by atoms with Crippen LogP contribution in [-0.2, 0) is 4.57 Å². The van der Waals surface area contributed by atoms with Gasteiger partial charge in [-0.25, -0.2) is 0 Å². The maximum Gasteiger partial charge on any atom is 0.292 e. The molecule has 0 bridgehead atoms. The number of nitrogens with one attached hydrogen (secondary N) is 1. The summed E-state index contributed by atoms with van der Waals surface area (Å²) >= 11 is 3.44. The van der Waals surface area contributed by atoms with E-state index in [1.807, 2.05) is 12.1 Å². The molecule has 8 heteroatoms. The Hall–Kier alpha value is -3.41. The van der Waals surface area contributed by atoms with Gasteiger partial charge >= 0.3 is 0 Å². The normalized spacial score (nSPS) is 12.2. The fourth-order valence-electron chi connectivity index (χ4n) is 3.92. The first kappa shape index (κ1) is 23.7. The van der Waals surface area contributed by atoms with Crippen molar-refractivity contribution in [1.29, 1.82) is 0 Å². The van der Waals surface area contributed by atoms with E-state index < -0.39 is 17.8 Å². The minimum Gasteiger partial charge on any atom is -0.508 e. The lowest BCUT2D eigenvalue weighted by atomic mass is 10.1. The fourth-order valence-corrected chi connectivity index (χ4v) is 7.34. The molecule has 0 amide bonds. The number of hydrogen-bond donors (Lipinski definition) is 2. The van der Waals surface area contributed by atoms with Gasteiger partial charge in [0.05, 0.1) is 4.92 Å². The summed E-state index contributed by atoms with van der Waals surface area (Å²) in [5.74, 6) is -1.06. The smallest absolute Gasteiger partial charge is 0.292 e. The number of rotatable bonds is 7. The van der Waals surface area contributed by atoms with Crippen molar-refractivity contribution in [3.05, 3.63) is 123 Å². The Balaban J connectivity index is 2.02. The molecular formula is C26H22BrN2O4P. The van der Waals surface area contributed by atoms with Gasteiger partial charge in [0, 0.05) is 26.7 Å². The summed E-state index contributed by atoms with van der Waals surface area (Å²) in [4.78, 5) is 11.4. The molecule has 1 atom stereocenters. The molecule has 0 saturated carbocycles. The Bertz CT molecular complexity index is 1340. The van der Waals surface area contributed by atoms with E-state index in [4.69, 9.17) is 0 Å². The summed E-state index contributed by atoms with van der Waals surface area (Å²) in [6.45, 7) is 1.77. The summed E-state index contributed by atoms with van der Waals surface area (Å²) in [6, 6.07) is 27.7. The number of anilines is 1. The molecule has 0 saturated heterocycles. The van der Waals surface area contributed by atoms with Crippen LogP contribution in [0.5, 0.6) is 5.75 Å². The van der Waals surface area contributed by atoms with Gasteiger partial charge in [-0.2, -0.15) is 0 Å². The Labute approximate surface area is 205 Å². The zero-order chi connectivity index (χ0) is 24.3. The number of phenols is 1. The summed E-state index contributed by atoms with van der Waals surface area (Å²) in [7, 11) is -3.54. The van der Waals surface area contributed by atoms with Crippen molar-refractivity contribution in [2.24, 2.45) is 0 Å². The Morgan fingerprint density at radius 3 is 2.06 bits per heavy atom. The third kappa shape index (κ3) is 4.63. The third-order valence-corrected chi connectivity index (χ3v) is 9.33. The minimum absolute atomic E-state index is 0.0671. The maximum absolute atomic E-state index is 15.2. The molecular weight excluding hydrogens is 515 g/mol. The van der Waals surface area contributed by atoms with E-state index in [1.54, 1.807) is 79.7 Å². The highest BCUT2D eigenvalue weighted by molar-refractivity contribution is 9.10. The number of nitrogens with zero attached hydrogens (tertiary/aromatic N) is 1. The fraction of sp³-hybridized carbons (Fsp3) is 0.0769. The van der Waals surface area contributed by atoms with Crippen molar-refractivity contribution in [3.8, 4) is 5.75 Å². The van der Waals surface area contributed by atoms with E-state index in [0.717, 1.165) is 5.56 Å². The number of hydrogen-bond acceptors (Lipinski definition) is 5. The van der Waals surface area contributed by atoms with E-state index in [1.165, 1.54) is 12.1 Å². The summed E-state index contributed by atoms with van der Waals surface area (Å²) < 4.78 is 15.9. The first-order valence-electron chi connectivity index (χ1n) is 10.5. The van der Waals surface area contributed by atoms with Crippen molar-refractivity contribution in [3.63, 3.8) is 0 Å². The van der Waals surface area contributed by atoms with Gasteiger partial charge in [-0.1, -0.05) is 82.7 Å². The minimum atomic E-state index is -3.54. The lowest BCUT2D eigenvalue weighted by Gasteiger charge is -2.31. The zero-order valence-corrected chi connectivity index (χ0v) is 20.7. The molecule has 172 valence electrons. The molecule has 0 aliphatic rings. The molecule has 0 spiro atoms. The summed E-state index contributed by atoms with van der Waals surface area (Å²) in [5.41, 5.74) is 1.17. The second-order valence-electron chi connectivity index (χ2n) is 7.86. The number of halogens is 1. The average Bonchev–Trinajstić information content (AvgIpc) is 2.85. The first-order valence-corrected chi connectivity index (χ1v) is 13.1. The Morgan fingerprint density at radius 2 is 1.50 bits per heavy atom. The molecule has 2 N–H and O–H groups in total. The maximum atomic E-state index is 15.2. The molecule has 34 heavy (non-hydrogen) atoms. The Morgan fingerprint density at radius 1 is 0.912 bits per heavy atom. The van der Waals surface area contributed by atoms with E-state index in [2.05, 4.69) is 21.2 Å². The van der Waals surface area contributed by atoms with Crippen molar-refractivity contribution in [1.82, 2.24) is 0 Å². The van der Waals surface area contributed by atoms with E-state index >= 15 is 4.57 Å². The lowest BCUT2D eigenvalue weighted by molar-refractivity contribution is -0.384. The van der Waals surface area contributed by atoms with Gasteiger partial charge in [-0.05, 0) is 36.8 Å². The van der Waals surface area contributed by atoms with Crippen LogP contribution in [0.2, 0.25) is 0 Å². The van der Waals surface area contributed by atoms with E-state index in [-0.39, 0.29) is 17.1 Å². The number of aromatic hydroxyl groups is 1. The third-order valence-electron chi connectivity index (χ3n) is 5.57. The van der Waals surface area contributed by atoms with Crippen molar-refractivity contribution in [2.75, 3.05) is 5.32 Å². The second-order valence-corrected chi connectivity index (χ2v) is 11.6. The highest BCUT2D eigenvalue weighted by atomic mass is 79.9.